The summed E-state index contributed by atoms with van der Waals surface area (Å²) >= 11 is 0. The molecule has 17 heavy (non-hydrogen) atoms. The summed E-state index contributed by atoms with van der Waals surface area (Å²) in [5, 5.41) is 9.88. The van der Waals surface area contributed by atoms with Crippen molar-refractivity contribution < 1.29 is 22.6 Å². The molecule has 0 unspecified atom stereocenters. The minimum absolute atomic E-state index is 0.245. The largest absolute Gasteiger partial charge is 0.416 e. The molecule has 0 aliphatic carbocycles. The summed E-state index contributed by atoms with van der Waals surface area (Å²) < 4.78 is 50.3. The van der Waals surface area contributed by atoms with Gasteiger partial charge in [0.25, 0.3) is 0 Å². The van der Waals surface area contributed by atoms with Crippen LogP contribution in [0.3, 0.4) is 0 Å². The molecular weight excluding hydrogens is 244 g/mol. The Morgan fingerprint density at radius 3 is 2.41 bits per heavy atom. The molecule has 0 heterocycles. The predicted octanol–water partition coefficient (Wildman–Crippen LogP) is 2.86. The standard InChI is InChI=1S/C9H8F4N2O2/c1-2-14(15(16)17)8-5-6(9(11,12)13)3-4-7(8)10/h3-5H,2H2,1H3. The molecule has 0 saturated heterocycles. The van der Waals surface area contributed by atoms with E-state index in [4.69, 9.17) is 0 Å². The van der Waals surface area contributed by atoms with E-state index in [1.807, 2.05) is 0 Å². The van der Waals surface area contributed by atoms with E-state index >= 15 is 0 Å². The second kappa shape index (κ2) is 4.56. The summed E-state index contributed by atoms with van der Waals surface area (Å²) in [6.07, 6.45) is -4.67. The summed E-state index contributed by atoms with van der Waals surface area (Å²) in [4.78, 5) is 10.5. The van der Waals surface area contributed by atoms with Gasteiger partial charge in [-0.15, -0.1) is 0 Å². The Morgan fingerprint density at radius 1 is 1.41 bits per heavy atom. The summed E-state index contributed by atoms with van der Waals surface area (Å²) in [7, 11) is 0. The number of nitro groups is 1. The SMILES string of the molecule is CCN(c1cc(C(F)(F)F)ccc1F)[N+](=O)[O-]. The minimum Gasteiger partial charge on any atom is -0.234 e. The maximum atomic E-state index is 13.2. The average Bonchev–Trinajstić information content (AvgIpc) is 2.19. The maximum Gasteiger partial charge on any atom is 0.416 e. The Morgan fingerprint density at radius 2 is 2.00 bits per heavy atom. The van der Waals surface area contributed by atoms with Gasteiger partial charge >= 0.3 is 6.18 Å². The number of rotatable bonds is 3. The molecular formula is C9H8F4N2O2. The normalized spacial score (nSPS) is 11.4. The number of alkyl halides is 3. The van der Waals surface area contributed by atoms with Crippen molar-refractivity contribution in [3.05, 3.63) is 39.7 Å². The molecule has 0 saturated carbocycles. The van der Waals surface area contributed by atoms with Crippen LogP contribution in [0, 0.1) is 15.9 Å². The highest BCUT2D eigenvalue weighted by Gasteiger charge is 2.32. The van der Waals surface area contributed by atoms with Crippen molar-refractivity contribution in [3.63, 3.8) is 0 Å². The molecule has 94 valence electrons. The molecule has 4 nitrogen and oxygen atoms in total. The summed E-state index contributed by atoms with van der Waals surface area (Å²) in [5.41, 5.74) is -1.83. The van der Waals surface area contributed by atoms with Gasteiger partial charge in [-0.1, -0.05) is 5.01 Å². The first-order valence-electron chi connectivity index (χ1n) is 4.56. The zero-order valence-corrected chi connectivity index (χ0v) is 8.66. The molecule has 1 aromatic carbocycles. The fourth-order valence-electron chi connectivity index (χ4n) is 1.26. The number of nitrogens with zero attached hydrogens (tertiary/aromatic N) is 2. The van der Waals surface area contributed by atoms with E-state index < -0.39 is 28.3 Å². The predicted molar refractivity (Wildman–Crippen MR) is 51.4 cm³/mol. The molecule has 0 atom stereocenters. The molecule has 0 aliphatic rings. The van der Waals surface area contributed by atoms with Crippen molar-refractivity contribution in [1.29, 1.82) is 0 Å². The molecule has 1 aromatic rings. The third-order valence-electron chi connectivity index (χ3n) is 2.05. The highest BCUT2D eigenvalue weighted by atomic mass is 19.4. The first-order valence-corrected chi connectivity index (χ1v) is 4.56. The molecule has 1 rings (SSSR count). The molecule has 8 heteroatoms. The van der Waals surface area contributed by atoms with Crippen LogP contribution in [0.4, 0.5) is 23.2 Å². The van der Waals surface area contributed by atoms with Crippen LogP contribution < -0.4 is 5.01 Å². The van der Waals surface area contributed by atoms with E-state index in [1.165, 1.54) is 6.92 Å². The molecule has 0 N–H and O–H groups in total. The van der Waals surface area contributed by atoms with Gasteiger partial charge in [0.1, 0.15) is 5.69 Å². The molecule has 0 fully saturated rings. The van der Waals surface area contributed by atoms with E-state index in [2.05, 4.69) is 0 Å². The van der Waals surface area contributed by atoms with Gasteiger partial charge in [0, 0.05) is 0 Å². The van der Waals surface area contributed by atoms with Crippen LogP contribution in [0.25, 0.3) is 0 Å². The van der Waals surface area contributed by atoms with Crippen molar-refractivity contribution in [1.82, 2.24) is 0 Å². The number of halogens is 4. The number of hydrazine groups is 1. The first kappa shape index (κ1) is 13.2. The second-order valence-electron chi connectivity index (χ2n) is 3.12. The lowest BCUT2D eigenvalue weighted by Gasteiger charge is -2.14. The van der Waals surface area contributed by atoms with Crippen LogP contribution in [0.15, 0.2) is 18.2 Å². The van der Waals surface area contributed by atoms with Gasteiger partial charge in [-0.3, -0.25) is 0 Å². The lowest BCUT2D eigenvalue weighted by molar-refractivity contribution is -0.494. The van der Waals surface area contributed by atoms with E-state index in [0.29, 0.717) is 23.2 Å². The molecule has 0 spiro atoms. The van der Waals surface area contributed by atoms with Crippen LogP contribution in [0.2, 0.25) is 0 Å². The number of benzene rings is 1. The van der Waals surface area contributed by atoms with Crippen molar-refractivity contribution >= 4 is 5.69 Å². The average molecular weight is 252 g/mol. The van der Waals surface area contributed by atoms with Gasteiger partial charge in [-0.05, 0) is 25.1 Å². The fraction of sp³-hybridized carbons (Fsp3) is 0.333. The first-order chi connectivity index (χ1) is 7.77. The second-order valence-corrected chi connectivity index (χ2v) is 3.12. The van der Waals surface area contributed by atoms with Gasteiger partial charge in [0.15, 0.2) is 10.8 Å². The zero-order chi connectivity index (χ0) is 13.2. The van der Waals surface area contributed by atoms with Crippen molar-refractivity contribution in [2.24, 2.45) is 0 Å². The number of anilines is 1. The Labute approximate surface area is 93.6 Å². The molecule has 0 radical (unpaired) electrons. The Balaban J connectivity index is 3.28. The molecule has 0 aliphatic heterocycles. The monoisotopic (exact) mass is 252 g/mol. The Kier molecular flexibility index (Phi) is 3.54. The fourth-order valence-corrected chi connectivity index (χ4v) is 1.26. The topological polar surface area (TPSA) is 46.4 Å². The highest BCUT2D eigenvalue weighted by molar-refractivity contribution is 5.48. The van der Waals surface area contributed by atoms with E-state index in [0.717, 1.165) is 0 Å². The highest BCUT2D eigenvalue weighted by Crippen LogP contribution is 2.32. The van der Waals surface area contributed by atoms with Gasteiger partial charge in [0.05, 0.1) is 12.1 Å². The number of hydrogen-bond acceptors (Lipinski definition) is 2. The van der Waals surface area contributed by atoms with Crippen LogP contribution in [0.1, 0.15) is 12.5 Å². The maximum absolute atomic E-state index is 13.2. The lowest BCUT2D eigenvalue weighted by Crippen LogP contribution is -2.30. The lowest BCUT2D eigenvalue weighted by atomic mass is 10.2. The Hall–Kier alpha value is -1.86. The number of hydrogen-bond donors (Lipinski definition) is 0. The third kappa shape index (κ3) is 2.83. The zero-order valence-electron chi connectivity index (χ0n) is 8.66. The summed E-state index contributed by atoms with van der Waals surface area (Å²) in [6, 6.07) is 1.51. The quantitative estimate of drug-likeness (QED) is 0.472. The molecule has 0 amide bonds. The summed E-state index contributed by atoms with van der Waals surface area (Å²) in [5.74, 6) is -1.07. The molecule has 0 bridgehead atoms. The van der Waals surface area contributed by atoms with Crippen molar-refractivity contribution in [2.75, 3.05) is 11.6 Å². The Bertz CT molecular complexity index is 433. The summed E-state index contributed by atoms with van der Waals surface area (Å²) in [6.45, 7) is 1.09. The molecule has 0 aromatic heterocycles. The smallest absolute Gasteiger partial charge is 0.234 e. The van der Waals surface area contributed by atoms with E-state index in [9.17, 15) is 27.7 Å². The van der Waals surface area contributed by atoms with Gasteiger partial charge in [0.2, 0.25) is 0 Å². The van der Waals surface area contributed by atoms with Crippen LogP contribution >= 0.6 is 0 Å². The minimum atomic E-state index is -4.67. The van der Waals surface area contributed by atoms with Crippen molar-refractivity contribution in [3.8, 4) is 0 Å². The van der Waals surface area contributed by atoms with Gasteiger partial charge in [-0.25, -0.2) is 14.5 Å². The van der Waals surface area contributed by atoms with E-state index in [1.54, 1.807) is 0 Å². The van der Waals surface area contributed by atoms with E-state index in [-0.39, 0.29) is 6.54 Å². The van der Waals surface area contributed by atoms with Crippen LogP contribution in [0.5, 0.6) is 0 Å². The van der Waals surface area contributed by atoms with Crippen LogP contribution in [-0.4, -0.2) is 11.6 Å². The van der Waals surface area contributed by atoms with Crippen LogP contribution in [-0.2, 0) is 6.18 Å². The van der Waals surface area contributed by atoms with Gasteiger partial charge in [-0.2, -0.15) is 13.2 Å². The van der Waals surface area contributed by atoms with Gasteiger partial charge < -0.3 is 0 Å². The van der Waals surface area contributed by atoms with Crippen molar-refractivity contribution in [2.45, 2.75) is 13.1 Å². The third-order valence-corrected chi connectivity index (χ3v) is 2.05.